The lowest BCUT2D eigenvalue weighted by atomic mass is 9.82. The number of benzene rings is 5. The molecule has 1 aliphatic rings. The molecule has 260 valence electrons. The number of halogens is 6. The maximum absolute atomic E-state index is 15.0. The number of carbonyl (C=O) groups is 2. The number of aryl methyl sites for hydroxylation is 1. The van der Waals surface area contributed by atoms with E-state index in [2.05, 4.69) is 0 Å². The highest BCUT2D eigenvalue weighted by molar-refractivity contribution is 6.09. The Hall–Kier alpha value is -4.94. The number of hydrogen-bond acceptors (Lipinski definition) is 6. The van der Waals surface area contributed by atoms with Crippen LogP contribution < -0.4 is 0 Å². The Kier molecular flexibility index (Phi) is 9.12. The molecule has 0 aromatic heterocycles. The van der Waals surface area contributed by atoms with E-state index >= 15 is 0 Å². The fraction of sp³-hybridized carbons (Fsp3) is 0.263. The van der Waals surface area contributed by atoms with Crippen molar-refractivity contribution in [3.05, 3.63) is 131 Å². The van der Waals surface area contributed by atoms with Crippen LogP contribution in [0.15, 0.2) is 109 Å². The number of methoxy groups -OCH3 is 2. The van der Waals surface area contributed by atoms with Gasteiger partial charge in [0.15, 0.2) is 6.10 Å². The normalized spacial score (nSPS) is 18.9. The van der Waals surface area contributed by atoms with Gasteiger partial charge >= 0.3 is 24.3 Å². The molecule has 0 saturated heterocycles. The van der Waals surface area contributed by atoms with Gasteiger partial charge in [0.25, 0.3) is 11.2 Å². The number of alkyl halides is 6. The molecular weight excluding hydrogens is 666 g/mol. The van der Waals surface area contributed by atoms with Crippen LogP contribution in [-0.2, 0) is 46.2 Å². The second-order valence-corrected chi connectivity index (χ2v) is 11.8. The van der Waals surface area contributed by atoms with Crippen LogP contribution in [0, 0.1) is 0 Å². The lowest BCUT2D eigenvalue weighted by molar-refractivity contribution is -0.286. The van der Waals surface area contributed by atoms with Crippen LogP contribution in [-0.4, -0.2) is 44.6 Å². The third kappa shape index (κ3) is 5.56. The molecule has 0 spiro atoms. The van der Waals surface area contributed by atoms with Crippen molar-refractivity contribution in [2.75, 3.05) is 14.2 Å². The third-order valence-corrected chi connectivity index (χ3v) is 9.22. The van der Waals surface area contributed by atoms with Crippen LogP contribution in [0.5, 0.6) is 0 Å². The van der Waals surface area contributed by atoms with Gasteiger partial charge in [-0.05, 0) is 39.9 Å². The lowest BCUT2D eigenvalue weighted by Crippen LogP contribution is -2.54. The van der Waals surface area contributed by atoms with Crippen LogP contribution in [0.3, 0.4) is 0 Å². The minimum absolute atomic E-state index is 0.134. The highest BCUT2D eigenvalue weighted by Gasteiger charge is 2.66. The molecule has 1 aliphatic carbocycles. The predicted molar refractivity (Wildman–Crippen MR) is 171 cm³/mol. The van der Waals surface area contributed by atoms with Crippen molar-refractivity contribution in [1.29, 1.82) is 0 Å². The predicted octanol–water partition coefficient (Wildman–Crippen LogP) is 8.64. The molecule has 50 heavy (non-hydrogen) atoms. The average Bonchev–Trinajstić information content (AvgIpc) is 3.09. The molecule has 6 nitrogen and oxygen atoms in total. The van der Waals surface area contributed by atoms with E-state index < -0.39 is 58.8 Å². The van der Waals surface area contributed by atoms with Crippen molar-refractivity contribution in [1.82, 2.24) is 0 Å². The quantitative estimate of drug-likeness (QED) is 0.0920. The fourth-order valence-corrected chi connectivity index (χ4v) is 6.79. The van der Waals surface area contributed by atoms with Gasteiger partial charge in [0, 0.05) is 30.9 Å². The van der Waals surface area contributed by atoms with Crippen LogP contribution in [0.25, 0.3) is 21.5 Å². The Morgan fingerprint density at radius 3 is 1.62 bits per heavy atom. The number of fused-ring (bicyclic) bond motifs is 5. The summed E-state index contributed by atoms with van der Waals surface area (Å²) in [5.41, 5.74) is -7.67. The Bertz CT molecular complexity index is 2030. The Balaban J connectivity index is 1.53. The van der Waals surface area contributed by atoms with E-state index in [4.69, 9.17) is 18.9 Å². The molecule has 0 saturated carbocycles. The van der Waals surface area contributed by atoms with Crippen molar-refractivity contribution >= 4 is 33.5 Å². The first-order valence-electron chi connectivity index (χ1n) is 15.5. The van der Waals surface area contributed by atoms with Gasteiger partial charge in [-0.2, -0.15) is 26.3 Å². The highest BCUT2D eigenvalue weighted by Crippen LogP contribution is 2.48. The largest absolute Gasteiger partial charge is 0.455 e. The zero-order valence-electron chi connectivity index (χ0n) is 26.7. The first-order valence-corrected chi connectivity index (χ1v) is 15.5. The summed E-state index contributed by atoms with van der Waals surface area (Å²) in [5, 5.41) is 2.69. The number of hydrogen-bond donors (Lipinski definition) is 0. The van der Waals surface area contributed by atoms with Gasteiger partial charge in [0.2, 0.25) is 0 Å². The molecule has 5 aromatic rings. The number of carbonyl (C=O) groups excluding carboxylic acids is 2. The SMILES string of the molecule is COC(C(=O)OC1CCc2ccc3c(ccc4ccccc43)c2C1OC(=O)C(OC)(c1ccccc1)C(F)(F)F)(c1ccccc1)C(F)(F)F. The van der Waals surface area contributed by atoms with E-state index in [0.29, 0.717) is 30.6 Å². The van der Waals surface area contributed by atoms with Crippen molar-refractivity contribution in [3.8, 4) is 0 Å². The highest BCUT2D eigenvalue weighted by atomic mass is 19.4. The lowest BCUT2D eigenvalue weighted by Gasteiger charge is -2.39. The van der Waals surface area contributed by atoms with E-state index in [-0.39, 0.29) is 18.4 Å². The van der Waals surface area contributed by atoms with Crippen molar-refractivity contribution in [3.63, 3.8) is 0 Å². The molecule has 4 atom stereocenters. The molecule has 4 unspecified atom stereocenters. The zero-order valence-corrected chi connectivity index (χ0v) is 26.7. The molecule has 0 radical (unpaired) electrons. The zero-order chi connectivity index (χ0) is 35.9. The Morgan fingerprint density at radius 1 is 0.580 bits per heavy atom. The second kappa shape index (κ2) is 13.1. The maximum Gasteiger partial charge on any atom is 0.432 e. The minimum atomic E-state index is -5.35. The van der Waals surface area contributed by atoms with Gasteiger partial charge in [-0.1, -0.05) is 109 Å². The summed E-state index contributed by atoms with van der Waals surface area (Å²) in [6.45, 7) is 0. The molecule has 0 bridgehead atoms. The molecule has 12 heteroatoms. The van der Waals surface area contributed by atoms with Gasteiger partial charge < -0.3 is 18.9 Å². The summed E-state index contributed by atoms with van der Waals surface area (Å²) in [7, 11) is 1.40. The Labute approximate surface area is 282 Å². The maximum atomic E-state index is 15.0. The van der Waals surface area contributed by atoms with Gasteiger partial charge in [-0.15, -0.1) is 0 Å². The summed E-state index contributed by atoms with van der Waals surface area (Å²) in [5.74, 6) is -3.77. The summed E-state index contributed by atoms with van der Waals surface area (Å²) in [4.78, 5) is 27.8. The van der Waals surface area contributed by atoms with Crippen molar-refractivity contribution in [2.45, 2.75) is 48.6 Å². The van der Waals surface area contributed by atoms with E-state index in [1.807, 2.05) is 24.3 Å². The van der Waals surface area contributed by atoms with Gasteiger partial charge in [0.1, 0.15) is 6.10 Å². The van der Waals surface area contributed by atoms with Crippen molar-refractivity contribution < 1.29 is 54.9 Å². The van der Waals surface area contributed by atoms with E-state index in [0.717, 1.165) is 35.0 Å². The first-order chi connectivity index (χ1) is 23.8. The summed E-state index contributed by atoms with van der Waals surface area (Å²) in [6, 6.07) is 26.5. The van der Waals surface area contributed by atoms with Crippen LogP contribution in [0.1, 0.15) is 34.8 Å². The monoisotopic (exact) mass is 696 g/mol. The summed E-state index contributed by atoms with van der Waals surface area (Å²) in [6.07, 6.45) is -14.2. The van der Waals surface area contributed by atoms with E-state index in [1.165, 1.54) is 36.4 Å². The third-order valence-electron chi connectivity index (χ3n) is 9.22. The Morgan fingerprint density at radius 2 is 1.08 bits per heavy atom. The molecular formula is C38H30F6O6. The number of esters is 2. The van der Waals surface area contributed by atoms with Gasteiger partial charge in [-0.25, -0.2) is 9.59 Å². The molecule has 0 aliphatic heterocycles. The molecule has 0 heterocycles. The number of rotatable bonds is 8. The van der Waals surface area contributed by atoms with E-state index in [1.54, 1.807) is 24.3 Å². The molecule has 5 aromatic carbocycles. The number of ether oxygens (including phenoxy) is 4. The summed E-state index contributed by atoms with van der Waals surface area (Å²) >= 11 is 0. The topological polar surface area (TPSA) is 71.1 Å². The molecule has 0 fully saturated rings. The van der Waals surface area contributed by atoms with Crippen LogP contribution in [0.2, 0.25) is 0 Å². The van der Waals surface area contributed by atoms with Crippen molar-refractivity contribution in [2.24, 2.45) is 0 Å². The van der Waals surface area contributed by atoms with E-state index in [9.17, 15) is 35.9 Å². The van der Waals surface area contributed by atoms with Crippen LogP contribution >= 0.6 is 0 Å². The second-order valence-electron chi connectivity index (χ2n) is 11.8. The smallest absolute Gasteiger partial charge is 0.432 e. The molecule has 0 N–H and O–H groups in total. The fourth-order valence-electron chi connectivity index (χ4n) is 6.79. The van der Waals surface area contributed by atoms with Crippen LogP contribution in [0.4, 0.5) is 26.3 Å². The molecule has 0 amide bonds. The van der Waals surface area contributed by atoms with Gasteiger partial charge in [0.05, 0.1) is 0 Å². The standard InChI is InChI=1S/C38H30F6O6/c1-47-35(37(39,40)41,25-12-5-3-6-13-25)33(45)49-30-22-19-24-18-20-28-27-16-10-9-11-23(27)17-21-29(28)31(24)32(30)50-34(46)36(48-2,38(42,43)44)26-14-7-4-8-15-26/h3-18,20-21,30,32H,19,22H2,1-2H3. The molecule has 6 rings (SSSR count). The minimum Gasteiger partial charge on any atom is -0.455 e. The summed E-state index contributed by atoms with van der Waals surface area (Å²) < 4.78 is 111. The van der Waals surface area contributed by atoms with Gasteiger partial charge in [-0.3, -0.25) is 0 Å². The first kappa shape index (κ1) is 34.9. The average molecular weight is 697 g/mol.